The maximum Gasteiger partial charge on any atom is 0.132 e. The van der Waals surface area contributed by atoms with Crippen LogP contribution in [0.4, 0.5) is 0 Å². The largest absolute Gasteiger partial charge is 0.327 e. The van der Waals surface area contributed by atoms with Gasteiger partial charge in [-0.15, -0.1) is 0 Å². The van der Waals surface area contributed by atoms with Gasteiger partial charge in [0.1, 0.15) is 5.82 Å². The number of hydrogen-bond acceptors (Lipinski definition) is 1. The van der Waals surface area contributed by atoms with Crippen molar-refractivity contribution in [2.75, 3.05) is 0 Å². The monoisotopic (exact) mass is 162 g/mol. The van der Waals surface area contributed by atoms with Crippen LogP contribution in [0.1, 0.15) is 32.3 Å². The molecule has 0 atom stereocenters. The van der Waals surface area contributed by atoms with Gasteiger partial charge in [0.2, 0.25) is 0 Å². The van der Waals surface area contributed by atoms with Crippen LogP contribution >= 0.6 is 0 Å². The summed E-state index contributed by atoms with van der Waals surface area (Å²) in [5, 5.41) is 0. The van der Waals surface area contributed by atoms with Gasteiger partial charge < -0.3 is 4.57 Å². The second-order valence-corrected chi connectivity index (χ2v) is 4.29. The Bertz CT molecular complexity index is 326. The quantitative estimate of drug-likeness (QED) is 0.572. The molecule has 0 amide bonds. The standard InChI is InChI=1S/C10H14N2/c1-10(2,3)8-7-12-6-4-5-9(12)11-8/h4-5,7H,6H2,1-3H3. The Balaban J connectivity index is 2.43. The lowest BCUT2D eigenvalue weighted by Gasteiger charge is -2.14. The Morgan fingerprint density at radius 2 is 2.17 bits per heavy atom. The van der Waals surface area contributed by atoms with E-state index in [4.69, 9.17) is 0 Å². The van der Waals surface area contributed by atoms with Crippen molar-refractivity contribution in [2.45, 2.75) is 32.7 Å². The molecule has 1 aromatic heterocycles. The fourth-order valence-electron chi connectivity index (χ4n) is 1.34. The molecular weight excluding hydrogens is 148 g/mol. The molecule has 2 rings (SSSR count). The highest BCUT2D eigenvalue weighted by atomic mass is 15.1. The predicted molar refractivity (Wildman–Crippen MR) is 50.0 cm³/mol. The summed E-state index contributed by atoms with van der Waals surface area (Å²) in [7, 11) is 0. The minimum Gasteiger partial charge on any atom is -0.327 e. The molecular formula is C10H14N2. The number of imidazole rings is 1. The molecule has 0 N–H and O–H groups in total. The highest BCUT2D eigenvalue weighted by molar-refractivity contribution is 5.45. The maximum absolute atomic E-state index is 4.54. The molecule has 2 nitrogen and oxygen atoms in total. The van der Waals surface area contributed by atoms with Gasteiger partial charge >= 0.3 is 0 Å². The molecule has 0 aromatic carbocycles. The minimum atomic E-state index is 0.172. The zero-order chi connectivity index (χ0) is 8.77. The van der Waals surface area contributed by atoms with E-state index in [1.807, 2.05) is 0 Å². The van der Waals surface area contributed by atoms with Crippen LogP contribution in [0, 0.1) is 0 Å². The van der Waals surface area contributed by atoms with E-state index in [0.29, 0.717) is 0 Å². The Hall–Kier alpha value is -1.05. The number of rotatable bonds is 0. The Morgan fingerprint density at radius 3 is 2.75 bits per heavy atom. The third kappa shape index (κ3) is 1.07. The van der Waals surface area contributed by atoms with E-state index in [2.05, 4.69) is 48.7 Å². The highest BCUT2D eigenvalue weighted by Gasteiger charge is 2.19. The molecule has 1 aliphatic heterocycles. The second-order valence-electron chi connectivity index (χ2n) is 4.29. The zero-order valence-corrected chi connectivity index (χ0v) is 7.83. The first kappa shape index (κ1) is 7.59. The second kappa shape index (κ2) is 2.22. The Morgan fingerprint density at radius 1 is 1.42 bits per heavy atom. The van der Waals surface area contributed by atoms with Gasteiger partial charge in [-0.2, -0.15) is 0 Å². The number of fused-ring (bicyclic) bond motifs is 1. The van der Waals surface area contributed by atoms with Gasteiger partial charge in [0.15, 0.2) is 0 Å². The first-order chi connectivity index (χ1) is 5.57. The third-order valence-electron chi connectivity index (χ3n) is 2.14. The van der Waals surface area contributed by atoms with Gasteiger partial charge in [0, 0.05) is 18.2 Å². The van der Waals surface area contributed by atoms with Gasteiger partial charge in [0.05, 0.1) is 5.69 Å². The lowest BCUT2D eigenvalue weighted by molar-refractivity contribution is 0.571. The zero-order valence-electron chi connectivity index (χ0n) is 7.83. The molecule has 0 unspecified atom stereocenters. The Labute approximate surface area is 72.9 Å². The number of aromatic nitrogens is 2. The van der Waals surface area contributed by atoms with Gasteiger partial charge in [-0.05, 0) is 6.08 Å². The van der Waals surface area contributed by atoms with Gasteiger partial charge in [-0.1, -0.05) is 26.8 Å². The summed E-state index contributed by atoms with van der Waals surface area (Å²) in [6, 6.07) is 0. The van der Waals surface area contributed by atoms with Crippen LogP contribution in [0.3, 0.4) is 0 Å². The summed E-state index contributed by atoms with van der Waals surface area (Å²) < 4.78 is 2.18. The highest BCUT2D eigenvalue weighted by Crippen LogP contribution is 2.23. The van der Waals surface area contributed by atoms with E-state index in [9.17, 15) is 0 Å². The third-order valence-corrected chi connectivity index (χ3v) is 2.14. The fourth-order valence-corrected chi connectivity index (χ4v) is 1.34. The van der Waals surface area contributed by atoms with Crippen molar-refractivity contribution < 1.29 is 0 Å². The molecule has 0 spiro atoms. The number of allylic oxidation sites excluding steroid dienone is 1. The topological polar surface area (TPSA) is 17.8 Å². The number of hydrogen-bond donors (Lipinski definition) is 0. The molecule has 0 bridgehead atoms. The van der Waals surface area contributed by atoms with Crippen LogP contribution in [0.15, 0.2) is 12.3 Å². The van der Waals surface area contributed by atoms with Gasteiger partial charge in [-0.3, -0.25) is 0 Å². The van der Waals surface area contributed by atoms with Crippen LogP contribution in [-0.4, -0.2) is 9.55 Å². The first-order valence-corrected chi connectivity index (χ1v) is 4.31. The summed E-state index contributed by atoms with van der Waals surface area (Å²) in [6.45, 7) is 7.55. The molecule has 12 heavy (non-hydrogen) atoms. The smallest absolute Gasteiger partial charge is 0.132 e. The van der Waals surface area contributed by atoms with E-state index < -0.39 is 0 Å². The van der Waals surface area contributed by atoms with Crippen molar-refractivity contribution >= 4 is 6.08 Å². The maximum atomic E-state index is 4.54. The average Bonchev–Trinajstić information content (AvgIpc) is 2.37. The van der Waals surface area contributed by atoms with Gasteiger partial charge in [-0.25, -0.2) is 4.98 Å². The summed E-state index contributed by atoms with van der Waals surface area (Å²) >= 11 is 0. The molecule has 2 heteroatoms. The predicted octanol–water partition coefficient (Wildman–Crippen LogP) is 2.21. The lowest BCUT2D eigenvalue weighted by Crippen LogP contribution is -2.11. The van der Waals surface area contributed by atoms with Crippen molar-refractivity contribution in [1.29, 1.82) is 0 Å². The molecule has 0 saturated heterocycles. The van der Waals surface area contributed by atoms with Gasteiger partial charge in [0.25, 0.3) is 0 Å². The van der Waals surface area contributed by atoms with Crippen LogP contribution in [-0.2, 0) is 12.0 Å². The van der Waals surface area contributed by atoms with Crippen molar-refractivity contribution in [3.8, 4) is 0 Å². The molecule has 2 heterocycles. The summed E-state index contributed by atoms with van der Waals surface area (Å²) in [5.41, 5.74) is 1.35. The number of nitrogens with zero attached hydrogens (tertiary/aromatic N) is 2. The van der Waals surface area contributed by atoms with E-state index in [1.54, 1.807) is 0 Å². The lowest BCUT2D eigenvalue weighted by atomic mass is 9.93. The molecule has 1 aliphatic rings. The van der Waals surface area contributed by atoms with Crippen molar-refractivity contribution in [1.82, 2.24) is 9.55 Å². The van der Waals surface area contributed by atoms with Crippen LogP contribution < -0.4 is 0 Å². The molecule has 64 valence electrons. The van der Waals surface area contributed by atoms with E-state index >= 15 is 0 Å². The SMILES string of the molecule is CC(C)(C)c1cn2c(n1)C=CC2. The minimum absolute atomic E-state index is 0.172. The van der Waals surface area contributed by atoms with E-state index in [1.165, 1.54) is 5.69 Å². The first-order valence-electron chi connectivity index (χ1n) is 4.31. The van der Waals surface area contributed by atoms with Crippen molar-refractivity contribution in [2.24, 2.45) is 0 Å². The van der Waals surface area contributed by atoms with Crippen LogP contribution in [0.2, 0.25) is 0 Å². The molecule has 0 fully saturated rings. The fraction of sp³-hybridized carbons (Fsp3) is 0.500. The van der Waals surface area contributed by atoms with E-state index in [-0.39, 0.29) is 5.41 Å². The molecule has 0 saturated carbocycles. The summed E-state index contributed by atoms with van der Waals surface area (Å²) in [6.07, 6.45) is 6.36. The van der Waals surface area contributed by atoms with E-state index in [0.717, 1.165) is 12.4 Å². The molecule has 1 aromatic rings. The average molecular weight is 162 g/mol. The normalized spacial score (nSPS) is 15.2. The molecule has 0 radical (unpaired) electrons. The van der Waals surface area contributed by atoms with Crippen LogP contribution in [0.25, 0.3) is 6.08 Å². The summed E-state index contributed by atoms with van der Waals surface area (Å²) in [5.74, 6) is 1.10. The summed E-state index contributed by atoms with van der Waals surface area (Å²) in [4.78, 5) is 4.54. The van der Waals surface area contributed by atoms with Crippen LogP contribution in [0.5, 0.6) is 0 Å². The van der Waals surface area contributed by atoms with Crippen molar-refractivity contribution in [3.63, 3.8) is 0 Å². The van der Waals surface area contributed by atoms with Crippen molar-refractivity contribution in [3.05, 3.63) is 23.8 Å². The molecule has 0 aliphatic carbocycles. The Kier molecular flexibility index (Phi) is 1.40.